The van der Waals surface area contributed by atoms with Crippen LogP contribution in [0, 0.1) is 0 Å². The van der Waals surface area contributed by atoms with Crippen LogP contribution in [0.3, 0.4) is 0 Å². The van der Waals surface area contributed by atoms with Crippen molar-refractivity contribution in [2.24, 2.45) is 0 Å². The largest absolute Gasteiger partial charge is 0.0616 e. The van der Waals surface area contributed by atoms with E-state index < -0.39 is 0 Å². The molecular formula is C64H40. The number of hydrogen-bond donors (Lipinski definition) is 0. The van der Waals surface area contributed by atoms with Gasteiger partial charge in [0.15, 0.2) is 0 Å². The first kappa shape index (κ1) is 36.3. The van der Waals surface area contributed by atoms with Crippen LogP contribution in [-0.2, 0) is 0 Å². The van der Waals surface area contributed by atoms with Gasteiger partial charge in [0.2, 0.25) is 0 Å². The average molecular weight is 809 g/mol. The van der Waals surface area contributed by atoms with Crippen molar-refractivity contribution in [3.05, 3.63) is 243 Å². The van der Waals surface area contributed by atoms with Gasteiger partial charge in [-0.2, -0.15) is 0 Å². The molecular weight excluding hydrogens is 769 g/mol. The van der Waals surface area contributed by atoms with E-state index in [1.54, 1.807) is 0 Å². The average Bonchev–Trinajstić information content (AvgIpc) is 3.36. The van der Waals surface area contributed by atoms with Crippen LogP contribution in [0.5, 0.6) is 0 Å². The van der Waals surface area contributed by atoms with Gasteiger partial charge in [0.1, 0.15) is 0 Å². The molecule has 64 heavy (non-hydrogen) atoms. The van der Waals surface area contributed by atoms with Crippen LogP contribution >= 0.6 is 0 Å². The molecule has 13 rings (SSSR count). The Balaban J connectivity index is 1.07. The van der Waals surface area contributed by atoms with Crippen LogP contribution < -0.4 is 0 Å². The van der Waals surface area contributed by atoms with Crippen molar-refractivity contribution < 1.29 is 0 Å². The fourth-order valence-corrected chi connectivity index (χ4v) is 10.7. The molecule has 13 aromatic carbocycles. The second kappa shape index (κ2) is 14.7. The van der Waals surface area contributed by atoms with Gasteiger partial charge in [-0.05, 0) is 149 Å². The Hall–Kier alpha value is -8.32. The minimum atomic E-state index is 1.21. The maximum atomic E-state index is 2.49. The predicted molar refractivity (Wildman–Crippen MR) is 276 cm³/mol. The first-order valence-electron chi connectivity index (χ1n) is 22.2. The predicted octanol–water partition coefficient (Wildman–Crippen LogP) is 18.1. The molecule has 296 valence electrons. The number of rotatable bonds is 5. The summed E-state index contributed by atoms with van der Waals surface area (Å²) in [5.74, 6) is 0. The zero-order valence-corrected chi connectivity index (χ0v) is 35.1. The van der Waals surface area contributed by atoms with Crippen molar-refractivity contribution in [3.63, 3.8) is 0 Å². The standard InChI is InChI=1S/C64H40/c1-3-17-46-38-48(34-28-41(46)14-1)62-57-25-11-12-26-58(57)64(49-35-29-42-15-2-4-18-47(42)39-49)60-40-50(36-37-59(60)62)63-55-23-9-7-21-53(55)61(54-22-8-10-24-56(54)63)45-32-30-44(31-33-45)52-27-13-19-43-16-5-6-20-51(43)52/h1-40H. The quantitative estimate of drug-likeness (QED) is 0.152. The van der Waals surface area contributed by atoms with Crippen LogP contribution in [0.25, 0.3) is 131 Å². The Morgan fingerprint density at radius 1 is 0.156 bits per heavy atom. The van der Waals surface area contributed by atoms with E-state index in [1.807, 2.05) is 0 Å². The fraction of sp³-hybridized carbons (Fsp3) is 0. The van der Waals surface area contributed by atoms with Gasteiger partial charge in [0.05, 0.1) is 0 Å². The molecule has 0 heterocycles. The van der Waals surface area contributed by atoms with E-state index in [0.717, 1.165) is 0 Å². The van der Waals surface area contributed by atoms with Crippen LogP contribution in [0.4, 0.5) is 0 Å². The summed E-state index contributed by atoms with van der Waals surface area (Å²) in [5.41, 5.74) is 12.4. The number of benzene rings is 13. The third-order valence-electron chi connectivity index (χ3n) is 13.6. The zero-order valence-electron chi connectivity index (χ0n) is 35.1. The molecule has 0 N–H and O–H groups in total. The monoisotopic (exact) mass is 808 g/mol. The SMILES string of the molecule is c1ccc2cc(-c3c4ccccc4c(-c4ccc5ccccc5c4)c4cc(-c5c6ccccc6c(-c6ccc(-c7cccc8ccccc78)cc6)c6ccccc56)ccc34)ccc2c1. The van der Waals surface area contributed by atoms with Gasteiger partial charge in [0.25, 0.3) is 0 Å². The minimum Gasteiger partial charge on any atom is -0.0616 e. The van der Waals surface area contributed by atoms with Crippen molar-refractivity contribution in [1.82, 2.24) is 0 Å². The van der Waals surface area contributed by atoms with Crippen LogP contribution in [0.2, 0.25) is 0 Å². The highest BCUT2D eigenvalue weighted by Crippen LogP contribution is 2.49. The van der Waals surface area contributed by atoms with Crippen molar-refractivity contribution in [1.29, 1.82) is 0 Å². The van der Waals surface area contributed by atoms with Gasteiger partial charge < -0.3 is 0 Å². The van der Waals surface area contributed by atoms with Gasteiger partial charge in [0, 0.05) is 0 Å². The minimum absolute atomic E-state index is 1.21. The van der Waals surface area contributed by atoms with E-state index in [4.69, 9.17) is 0 Å². The van der Waals surface area contributed by atoms with E-state index in [0.29, 0.717) is 0 Å². The smallest absolute Gasteiger partial charge is 0.00259 e. The van der Waals surface area contributed by atoms with E-state index in [1.165, 1.54) is 131 Å². The number of fused-ring (bicyclic) bond motifs is 7. The van der Waals surface area contributed by atoms with Crippen LogP contribution in [0.1, 0.15) is 0 Å². The molecule has 0 saturated heterocycles. The van der Waals surface area contributed by atoms with E-state index in [2.05, 4.69) is 243 Å². The Morgan fingerprint density at radius 3 is 1.00 bits per heavy atom. The molecule has 13 aromatic rings. The summed E-state index contributed by atoms with van der Waals surface area (Å²) >= 11 is 0. The zero-order chi connectivity index (χ0) is 42.1. The molecule has 0 atom stereocenters. The molecule has 0 aliphatic rings. The Bertz CT molecular complexity index is 3940. The van der Waals surface area contributed by atoms with Crippen molar-refractivity contribution in [3.8, 4) is 55.6 Å². The first-order chi connectivity index (χ1) is 31.7. The second-order valence-electron chi connectivity index (χ2n) is 17.1. The van der Waals surface area contributed by atoms with Crippen molar-refractivity contribution >= 4 is 75.4 Å². The lowest BCUT2D eigenvalue weighted by atomic mass is 9.82. The van der Waals surface area contributed by atoms with Gasteiger partial charge in [-0.25, -0.2) is 0 Å². The normalized spacial score (nSPS) is 11.8. The van der Waals surface area contributed by atoms with E-state index >= 15 is 0 Å². The summed E-state index contributed by atoms with van der Waals surface area (Å²) in [5, 5.41) is 17.5. The molecule has 0 radical (unpaired) electrons. The Labute approximate surface area is 371 Å². The molecule has 0 unspecified atom stereocenters. The molecule has 0 heteroatoms. The highest BCUT2D eigenvalue weighted by Gasteiger charge is 2.21. The summed E-state index contributed by atoms with van der Waals surface area (Å²) in [6.45, 7) is 0. The lowest BCUT2D eigenvalue weighted by Gasteiger charge is -2.21. The molecule has 0 saturated carbocycles. The summed E-state index contributed by atoms with van der Waals surface area (Å²) < 4.78 is 0. The summed E-state index contributed by atoms with van der Waals surface area (Å²) in [6, 6.07) is 90.1. The first-order valence-corrected chi connectivity index (χ1v) is 22.2. The van der Waals surface area contributed by atoms with E-state index in [9.17, 15) is 0 Å². The molecule has 0 fully saturated rings. The highest BCUT2D eigenvalue weighted by molar-refractivity contribution is 6.25. The highest BCUT2D eigenvalue weighted by atomic mass is 14.2. The molecule has 0 spiro atoms. The second-order valence-corrected chi connectivity index (χ2v) is 17.1. The summed E-state index contributed by atoms with van der Waals surface area (Å²) in [7, 11) is 0. The fourth-order valence-electron chi connectivity index (χ4n) is 10.7. The maximum absolute atomic E-state index is 2.49. The lowest BCUT2D eigenvalue weighted by molar-refractivity contribution is 1.63. The van der Waals surface area contributed by atoms with Crippen LogP contribution in [-0.4, -0.2) is 0 Å². The van der Waals surface area contributed by atoms with E-state index in [-0.39, 0.29) is 0 Å². The Kier molecular flexibility index (Phi) is 8.32. The van der Waals surface area contributed by atoms with Gasteiger partial charge in [-0.15, -0.1) is 0 Å². The van der Waals surface area contributed by atoms with Crippen LogP contribution in [0.15, 0.2) is 243 Å². The molecule has 0 bridgehead atoms. The van der Waals surface area contributed by atoms with Gasteiger partial charge in [-0.1, -0.05) is 224 Å². The van der Waals surface area contributed by atoms with Crippen molar-refractivity contribution in [2.75, 3.05) is 0 Å². The lowest BCUT2D eigenvalue weighted by Crippen LogP contribution is -1.94. The molecule has 0 nitrogen and oxygen atoms in total. The molecule has 0 aliphatic heterocycles. The molecule has 0 aromatic heterocycles. The van der Waals surface area contributed by atoms with Crippen molar-refractivity contribution in [2.45, 2.75) is 0 Å². The van der Waals surface area contributed by atoms with Gasteiger partial charge >= 0.3 is 0 Å². The topological polar surface area (TPSA) is 0 Å². The third-order valence-corrected chi connectivity index (χ3v) is 13.6. The molecule has 0 aliphatic carbocycles. The third kappa shape index (κ3) is 5.77. The van der Waals surface area contributed by atoms with Gasteiger partial charge in [-0.3, -0.25) is 0 Å². The molecule has 0 amide bonds. The number of hydrogen-bond acceptors (Lipinski definition) is 0. The maximum Gasteiger partial charge on any atom is -0.00259 e. The Morgan fingerprint density at radius 2 is 0.484 bits per heavy atom. The summed E-state index contributed by atoms with van der Waals surface area (Å²) in [6.07, 6.45) is 0. The summed E-state index contributed by atoms with van der Waals surface area (Å²) in [4.78, 5) is 0.